The highest BCUT2D eigenvalue weighted by molar-refractivity contribution is 7.72. The predicted octanol–water partition coefficient (Wildman–Crippen LogP) is 12.6. The number of rotatable bonds is 44. The van der Waals surface area contributed by atoms with Crippen LogP contribution < -0.4 is 35.1 Å². The molecule has 24 atom stereocenters. The van der Waals surface area contributed by atoms with E-state index < -0.39 is 245 Å². The number of hydrogen-bond donors (Lipinski definition) is 12. The van der Waals surface area contributed by atoms with Gasteiger partial charge in [-0.1, -0.05) is 125 Å². The van der Waals surface area contributed by atoms with E-state index in [0.717, 1.165) is 19.8 Å². The number of H-pyrrole nitrogens is 3. The summed E-state index contributed by atoms with van der Waals surface area (Å²) in [6.07, 6.45) is -16.6. The van der Waals surface area contributed by atoms with Gasteiger partial charge >= 0.3 is 60.0 Å². The maximum Gasteiger partial charge on any atom is 0.380 e. The van der Waals surface area contributed by atoms with Gasteiger partial charge in [-0.2, -0.15) is 0 Å². The number of aromatic nitrogens is 8. The third-order valence-electron chi connectivity index (χ3n) is 22.4. The maximum atomic E-state index is 14.0. The molecule has 4 fully saturated rings. The van der Waals surface area contributed by atoms with Gasteiger partial charge in [0.15, 0.2) is 56.9 Å². The number of nitrogens with two attached hydrogens (primary N) is 1. The van der Waals surface area contributed by atoms with Gasteiger partial charge in [0.2, 0.25) is 4.77 Å². The Labute approximate surface area is 872 Å². The average molecular weight is 2260 g/mol. The number of nitrogen functional groups attached to an aromatic ring is 1. The van der Waals surface area contributed by atoms with Crippen LogP contribution in [0, 0.1) is 47.3 Å². The maximum absolute atomic E-state index is 14.0. The lowest BCUT2D eigenvalue weighted by molar-refractivity contribution is -0.152. The Morgan fingerprint density at radius 1 is 0.378 bits per heavy atom. The van der Waals surface area contributed by atoms with Crippen LogP contribution in [0.25, 0.3) is 0 Å². The summed E-state index contributed by atoms with van der Waals surface area (Å²) in [4.78, 5) is 84.5. The molecule has 8 aromatic rings. The molecule has 0 spiro atoms. The van der Waals surface area contributed by atoms with Crippen LogP contribution in [0.1, 0.15) is 108 Å². The minimum atomic E-state index is -4.09. The number of carbonyl (C=O) groups is 4. The number of carbonyl (C=O) groups excluding carboxylic acids is 4. The third-order valence-corrected chi connectivity index (χ3v) is 31.9. The molecule has 13 N–H and O–H groups in total. The number of nitrogens with zero attached hydrogens (tertiary/aromatic N) is 5. The van der Waals surface area contributed by atoms with Crippen LogP contribution in [-0.4, -0.2) is 276 Å². The second-order valence-corrected chi connectivity index (χ2v) is 46.1. The van der Waals surface area contributed by atoms with Gasteiger partial charge in [-0.25, -0.2) is 45.6 Å². The highest BCUT2D eigenvalue weighted by Crippen LogP contribution is 2.57. The van der Waals surface area contributed by atoms with Gasteiger partial charge in [-0.15, -0.1) is 0 Å². The second-order valence-electron chi connectivity index (χ2n) is 36.0. The van der Waals surface area contributed by atoms with Crippen LogP contribution in [0.2, 0.25) is 0 Å². The molecule has 8 unspecified atom stereocenters. The summed E-state index contributed by atoms with van der Waals surface area (Å²) >= 11 is 25.3. The molecular formula is C92H121F4N9O34P4S5. The zero-order valence-electron chi connectivity index (χ0n) is 82.0. The second kappa shape index (κ2) is 53.9. The molecule has 4 saturated heterocycles. The molecule has 0 aliphatic carbocycles. The summed E-state index contributed by atoms with van der Waals surface area (Å²) in [5.74, 6) is -4.90. The first-order valence-electron chi connectivity index (χ1n) is 46.0. The van der Waals surface area contributed by atoms with E-state index in [1.165, 1.54) is 87.4 Å². The number of benzene rings is 4. The number of aliphatic hydroxyl groups is 8. The number of anilines is 1. The molecule has 816 valence electrons. The standard InChI is InChI=1S/C23H31FN3O8PS.2C23H30FN2O9PS.C23H30FN2O8PS2/c1-14(2)33-20(29)15(3)12-36(31,35-16-7-5-4-6-8-16)32-11-17-19(28)23(30,13-24)21(34-17)27-10-9-18(25)26-22(27)37;1-14(2)33-20(28)15(3)12-36(31,35-16-7-5-4-6-8-16)32-11-17-19(27)23(30,13-24)21(34-17)26-10-9-18(37)25-22(26)29;1-14(2)33-20(29)15(3)12-36(31,35-16-7-5-4-6-8-16)32-11-17-19(28)23(30,13-24)21(34-17)26-10-9-18(27)25-22(26)37;1-14(2)32-20(28)15(3)12-35(30,34-16-7-5-4-6-8-16)31-11-17-19(27)23(29,13-24)21(33-17)26-10-9-18(36)25-22(26)37/h4-10,14-15,17,19,21,28,30H,11-13H2,1-3H3,(H2,25,26,37);4-10,14-15,17,19,21,27,30H,11-13H2,1-3H3,(H,25,29,37);4-10,14-15,17,19,21,28,30H,11-13H2,1-3H3,(H,25,27,37);4-10,14-15,17,19,21,27,29H,11-13H2,1-3H3,(H,25,36,37)/t3*15-,17-,19+,21-,23?,36?;15-,17-,19+,21-,23?,35?/m1111/s1. The summed E-state index contributed by atoms with van der Waals surface area (Å²) in [5, 5.41) is 86.5. The molecule has 148 heavy (non-hydrogen) atoms. The minimum Gasteiger partial charge on any atom is -0.463 e. The number of nitrogens with one attached hydrogen (secondary N) is 3. The van der Waals surface area contributed by atoms with Gasteiger partial charge in [0.1, 0.15) is 114 Å². The smallest absolute Gasteiger partial charge is 0.380 e. The van der Waals surface area contributed by atoms with Crippen molar-refractivity contribution >= 4 is 121 Å². The van der Waals surface area contributed by atoms with E-state index in [2.05, 4.69) is 19.9 Å². The highest BCUT2D eigenvalue weighted by atomic mass is 32.1. The first-order valence-corrected chi connectivity index (χ1v) is 55.0. The van der Waals surface area contributed by atoms with E-state index in [1.54, 1.807) is 165 Å². The molecule has 4 aromatic heterocycles. The van der Waals surface area contributed by atoms with E-state index in [0.29, 0.717) is 4.64 Å². The molecule has 4 aromatic carbocycles. The van der Waals surface area contributed by atoms with E-state index in [9.17, 15) is 105 Å². The molecular weight excluding hydrogens is 2140 g/mol. The van der Waals surface area contributed by atoms with Crippen molar-refractivity contribution in [3.8, 4) is 23.0 Å². The van der Waals surface area contributed by atoms with Gasteiger partial charge in [-0.05, 0) is 159 Å². The molecule has 8 heterocycles. The number of para-hydroxylation sites is 4. The van der Waals surface area contributed by atoms with Gasteiger partial charge in [-0.3, -0.25) is 70.3 Å². The Bertz CT molecular complexity index is 5970. The number of aromatic amines is 3. The van der Waals surface area contributed by atoms with Crippen LogP contribution in [-0.2, 0) is 93.4 Å². The van der Waals surface area contributed by atoms with Crippen molar-refractivity contribution in [2.24, 2.45) is 23.7 Å². The molecule has 4 aliphatic heterocycles. The fourth-order valence-electron chi connectivity index (χ4n) is 14.9. The number of aliphatic hydroxyl groups excluding tert-OH is 4. The zero-order valence-corrected chi connectivity index (χ0v) is 89.7. The van der Waals surface area contributed by atoms with E-state index in [-0.39, 0.29) is 90.7 Å². The summed E-state index contributed by atoms with van der Waals surface area (Å²) in [6, 6.07) is 37.8. The summed E-state index contributed by atoms with van der Waals surface area (Å²) in [5.41, 5.74) is -5.48. The number of ether oxygens (including phenoxy) is 8. The lowest BCUT2D eigenvalue weighted by Crippen LogP contribution is -2.50. The summed E-state index contributed by atoms with van der Waals surface area (Å²) in [7, 11) is -16.3. The highest BCUT2D eigenvalue weighted by Gasteiger charge is 2.62. The molecule has 0 saturated carbocycles. The van der Waals surface area contributed by atoms with E-state index in [4.69, 9.17) is 141 Å². The average Bonchev–Trinajstić information content (AvgIpc) is 1.62. The Morgan fingerprint density at radius 3 is 0.872 bits per heavy atom. The molecule has 43 nitrogen and oxygen atoms in total. The van der Waals surface area contributed by atoms with Crippen molar-refractivity contribution in [3.05, 3.63) is 215 Å². The number of halogens is 4. The third kappa shape index (κ3) is 32.4. The molecule has 4 aliphatic rings. The van der Waals surface area contributed by atoms with Gasteiger partial charge in [0.05, 0.1) is 99.2 Å². The van der Waals surface area contributed by atoms with E-state index >= 15 is 0 Å². The molecule has 12 rings (SSSR count). The van der Waals surface area contributed by atoms with E-state index in [1.807, 2.05) is 0 Å². The van der Waals surface area contributed by atoms with Crippen molar-refractivity contribution in [1.29, 1.82) is 0 Å². The van der Waals surface area contributed by atoms with Crippen molar-refractivity contribution < 1.29 is 170 Å². The van der Waals surface area contributed by atoms with Crippen molar-refractivity contribution in [1.82, 2.24) is 38.2 Å². The molecule has 0 radical (unpaired) electrons. The van der Waals surface area contributed by atoms with Crippen LogP contribution in [0.3, 0.4) is 0 Å². The Morgan fingerprint density at radius 2 is 0.622 bits per heavy atom. The van der Waals surface area contributed by atoms with Crippen LogP contribution >= 0.6 is 91.5 Å². The Kier molecular flexibility index (Phi) is 44.5. The Balaban J connectivity index is 0.000000219. The lowest BCUT2D eigenvalue weighted by atomic mass is 9.95. The van der Waals surface area contributed by atoms with Crippen LogP contribution in [0.4, 0.5) is 23.4 Å². The van der Waals surface area contributed by atoms with Crippen LogP contribution in [0.15, 0.2) is 180 Å². The molecule has 0 bridgehead atoms. The molecule has 0 amide bonds. The number of alkyl halides is 4. The summed E-state index contributed by atoms with van der Waals surface area (Å²) in [6.45, 7) is 11.5. The normalized spacial score (nSPS) is 26.0. The topological polar surface area (TPSA) is 586 Å². The largest absolute Gasteiger partial charge is 0.463 e. The summed E-state index contributed by atoms with van der Waals surface area (Å²) < 4.78 is 204. The predicted molar refractivity (Wildman–Crippen MR) is 537 cm³/mol. The fraction of sp³-hybridized carbons (Fsp3) is 0.522. The van der Waals surface area contributed by atoms with Gasteiger partial charge in [0, 0.05) is 30.9 Å². The SMILES string of the molecule is CC(C)OC(=O)[C@H](C)CP(=O)(OC[C@H]1O[C@@H](n2ccc(=O)[nH]c2=S)C(O)(CF)[C@H]1O)Oc1ccccc1.CC(C)OC(=O)[C@H](C)CP(=O)(OC[C@H]1O[C@@H](n2ccc(=S)[nH]c2=O)C(O)(CF)[C@H]1O)Oc1ccccc1.CC(C)OC(=O)[C@H](C)CP(=O)(OC[C@H]1O[C@@H](n2ccc(=S)[nH]c2=S)C(O)(CF)[C@H]1O)Oc1ccccc1.CC(C)OC(=O)[C@H](C)CP(=O)(OC[C@H]1O[C@@H](n2ccc(N)nc2=S)C(O)(CF)[C@H]1O)Oc1ccccc1. The monoisotopic (exact) mass is 2260 g/mol. The zero-order chi connectivity index (χ0) is 110. The lowest BCUT2D eigenvalue weighted by Gasteiger charge is -2.29. The van der Waals surface area contributed by atoms with Gasteiger partial charge < -0.3 is 108 Å². The first-order chi connectivity index (χ1) is 69.5. The van der Waals surface area contributed by atoms with Crippen molar-refractivity contribution in [2.75, 3.05) is 83.5 Å². The van der Waals surface area contributed by atoms with Crippen molar-refractivity contribution in [2.45, 2.75) is 204 Å². The quantitative estimate of drug-likeness (QED) is 0.00555. The Hall–Kier alpha value is -9.22. The van der Waals surface area contributed by atoms with Crippen LogP contribution in [0.5, 0.6) is 23.0 Å². The number of esters is 4. The fourth-order valence-corrected chi connectivity index (χ4v) is 23.5. The minimum absolute atomic E-state index is 0.0358. The van der Waals surface area contributed by atoms with Gasteiger partial charge in [0.25, 0.3) is 5.56 Å². The molecule has 56 heteroatoms. The van der Waals surface area contributed by atoms with Crippen molar-refractivity contribution in [3.63, 3.8) is 0 Å². The first kappa shape index (κ1) is 122. The number of hydrogen-bond acceptors (Lipinski definition) is 41.